The number of hydrogen-bond donors (Lipinski definition) is 2. The Morgan fingerprint density at radius 3 is 2.64 bits per heavy atom. The van der Waals surface area contributed by atoms with Gasteiger partial charge in [0.25, 0.3) is 5.91 Å². The Morgan fingerprint density at radius 1 is 1.50 bits per heavy atom. The summed E-state index contributed by atoms with van der Waals surface area (Å²) in [5, 5.41) is 12.0. The monoisotopic (exact) mass is 305 g/mol. The van der Waals surface area contributed by atoms with Gasteiger partial charge in [-0.25, -0.2) is 0 Å². The van der Waals surface area contributed by atoms with Crippen LogP contribution in [0.5, 0.6) is 0 Å². The van der Waals surface area contributed by atoms with Gasteiger partial charge in [-0.3, -0.25) is 4.79 Å². The molecule has 2 N–H and O–H groups in total. The highest BCUT2D eigenvalue weighted by atomic mass is 127. The standard InChI is InChI=1S/C10H12INO2/c1-10(2,14)9(13)12-8-5-3-4-7(11)6-8/h3-6,14H,1-2H3,(H,12,13). The third-order valence-corrected chi connectivity index (χ3v) is 2.31. The predicted molar refractivity (Wildman–Crippen MR) is 64.1 cm³/mol. The molecule has 0 saturated heterocycles. The number of amides is 1. The molecule has 1 rings (SSSR count). The van der Waals surface area contributed by atoms with Crippen LogP contribution in [0.25, 0.3) is 0 Å². The molecule has 0 aliphatic carbocycles. The van der Waals surface area contributed by atoms with Crippen LogP contribution in [0.3, 0.4) is 0 Å². The highest BCUT2D eigenvalue weighted by molar-refractivity contribution is 14.1. The minimum absolute atomic E-state index is 0.403. The number of rotatable bonds is 2. The summed E-state index contributed by atoms with van der Waals surface area (Å²) in [6, 6.07) is 7.40. The molecule has 76 valence electrons. The quantitative estimate of drug-likeness (QED) is 0.821. The molecule has 0 atom stereocenters. The van der Waals surface area contributed by atoms with E-state index in [0.717, 1.165) is 3.57 Å². The van der Waals surface area contributed by atoms with Gasteiger partial charge < -0.3 is 10.4 Å². The number of aliphatic hydroxyl groups is 1. The minimum Gasteiger partial charge on any atom is -0.381 e. The molecule has 0 bridgehead atoms. The SMILES string of the molecule is CC(C)(O)C(=O)Nc1cccc(I)c1. The second kappa shape index (κ2) is 4.27. The van der Waals surface area contributed by atoms with Gasteiger partial charge in [0.2, 0.25) is 0 Å². The molecule has 0 radical (unpaired) electrons. The first-order valence-electron chi connectivity index (χ1n) is 4.19. The van der Waals surface area contributed by atoms with Crippen molar-refractivity contribution in [3.63, 3.8) is 0 Å². The van der Waals surface area contributed by atoms with E-state index in [1.54, 1.807) is 6.07 Å². The molecule has 1 aromatic carbocycles. The molecule has 1 amide bonds. The van der Waals surface area contributed by atoms with Gasteiger partial charge in [0.1, 0.15) is 5.60 Å². The van der Waals surface area contributed by atoms with Gasteiger partial charge in [0.15, 0.2) is 0 Å². The summed E-state index contributed by atoms with van der Waals surface area (Å²) in [7, 11) is 0. The van der Waals surface area contributed by atoms with Gasteiger partial charge in [0.05, 0.1) is 0 Å². The van der Waals surface area contributed by atoms with E-state index in [2.05, 4.69) is 27.9 Å². The smallest absolute Gasteiger partial charge is 0.255 e. The van der Waals surface area contributed by atoms with Crippen molar-refractivity contribution in [3.8, 4) is 0 Å². The van der Waals surface area contributed by atoms with Crippen LogP contribution in [-0.2, 0) is 4.79 Å². The number of carbonyl (C=O) groups excluding carboxylic acids is 1. The highest BCUT2D eigenvalue weighted by Gasteiger charge is 2.23. The predicted octanol–water partition coefficient (Wildman–Crippen LogP) is 2.00. The van der Waals surface area contributed by atoms with Crippen LogP contribution in [0.4, 0.5) is 5.69 Å². The molecule has 4 heteroatoms. The molecule has 0 aliphatic heterocycles. The van der Waals surface area contributed by atoms with Crippen LogP contribution in [0.15, 0.2) is 24.3 Å². The summed E-state index contributed by atoms with van der Waals surface area (Å²) in [4.78, 5) is 11.4. The maximum Gasteiger partial charge on any atom is 0.255 e. The second-order valence-electron chi connectivity index (χ2n) is 3.52. The third kappa shape index (κ3) is 3.26. The summed E-state index contributed by atoms with van der Waals surface area (Å²) < 4.78 is 1.04. The topological polar surface area (TPSA) is 49.3 Å². The van der Waals surface area contributed by atoms with Crippen LogP contribution in [0.1, 0.15) is 13.8 Å². The van der Waals surface area contributed by atoms with Crippen LogP contribution >= 0.6 is 22.6 Å². The van der Waals surface area contributed by atoms with Crippen LogP contribution in [-0.4, -0.2) is 16.6 Å². The van der Waals surface area contributed by atoms with Gasteiger partial charge in [0, 0.05) is 9.26 Å². The number of anilines is 1. The van der Waals surface area contributed by atoms with Gasteiger partial charge in [-0.2, -0.15) is 0 Å². The molecule has 14 heavy (non-hydrogen) atoms. The zero-order valence-corrected chi connectivity index (χ0v) is 10.2. The van der Waals surface area contributed by atoms with Crippen LogP contribution in [0, 0.1) is 3.57 Å². The molecule has 3 nitrogen and oxygen atoms in total. The molecule has 0 aliphatic rings. The summed E-state index contributed by atoms with van der Waals surface area (Å²) in [5.41, 5.74) is -0.648. The summed E-state index contributed by atoms with van der Waals surface area (Å²) in [6.45, 7) is 2.91. The van der Waals surface area contributed by atoms with E-state index in [1.807, 2.05) is 18.2 Å². The van der Waals surface area contributed by atoms with Gasteiger partial charge >= 0.3 is 0 Å². The largest absolute Gasteiger partial charge is 0.381 e. The fourth-order valence-corrected chi connectivity index (χ4v) is 1.39. The van der Waals surface area contributed by atoms with Crippen molar-refractivity contribution in [2.75, 3.05) is 5.32 Å². The lowest BCUT2D eigenvalue weighted by Gasteiger charge is -2.16. The lowest BCUT2D eigenvalue weighted by molar-refractivity contribution is -0.130. The van der Waals surface area contributed by atoms with Crippen molar-refractivity contribution in [3.05, 3.63) is 27.8 Å². The molecule has 0 heterocycles. The van der Waals surface area contributed by atoms with E-state index in [4.69, 9.17) is 0 Å². The Hall–Kier alpha value is -0.620. The normalized spacial score (nSPS) is 11.1. The molecule has 0 fully saturated rings. The Morgan fingerprint density at radius 2 is 2.14 bits per heavy atom. The summed E-state index contributed by atoms with van der Waals surface area (Å²) >= 11 is 2.16. The van der Waals surface area contributed by atoms with Crippen molar-refractivity contribution in [2.45, 2.75) is 19.4 Å². The number of benzene rings is 1. The minimum atomic E-state index is -1.35. The van der Waals surface area contributed by atoms with Crippen LogP contribution in [0.2, 0.25) is 0 Å². The maximum atomic E-state index is 11.4. The first kappa shape index (κ1) is 11.5. The number of halogens is 1. The molecular weight excluding hydrogens is 293 g/mol. The Bertz CT molecular complexity index is 344. The van der Waals surface area contributed by atoms with Crippen LogP contribution < -0.4 is 5.32 Å². The first-order chi connectivity index (χ1) is 6.39. The highest BCUT2D eigenvalue weighted by Crippen LogP contribution is 2.14. The summed E-state index contributed by atoms with van der Waals surface area (Å²) in [5.74, 6) is -0.403. The van der Waals surface area contributed by atoms with E-state index in [9.17, 15) is 9.90 Å². The van der Waals surface area contributed by atoms with Gasteiger partial charge in [-0.1, -0.05) is 6.07 Å². The van der Waals surface area contributed by atoms with Crippen molar-refractivity contribution in [2.24, 2.45) is 0 Å². The van der Waals surface area contributed by atoms with Gasteiger partial charge in [-0.15, -0.1) is 0 Å². The molecular formula is C10H12INO2. The Balaban J connectivity index is 2.75. The van der Waals surface area contributed by atoms with E-state index in [1.165, 1.54) is 13.8 Å². The number of carbonyl (C=O) groups is 1. The lowest BCUT2D eigenvalue weighted by Crippen LogP contribution is -2.36. The number of hydrogen-bond acceptors (Lipinski definition) is 2. The van der Waals surface area contributed by atoms with E-state index < -0.39 is 11.5 Å². The van der Waals surface area contributed by atoms with Crippen molar-refractivity contribution in [1.29, 1.82) is 0 Å². The zero-order chi connectivity index (χ0) is 10.8. The number of nitrogens with one attached hydrogen (secondary N) is 1. The van der Waals surface area contributed by atoms with Crippen molar-refractivity contribution in [1.82, 2.24) is 0 Å². The molecule has 0 spiro atoms. The van der Waals surface area contributed by atoms with E-state index >= 15 is 0 Å². The van der Waals surface area contributed by atoms with Gasteiger partial charge in [-0.05, 0) is 54.6 Å². The van der Waals surface area contributed by atoms with Crippen molar-refractivity contribution >= 4 is 34.2 Å². The molecule has 0 aromatic heterocycles. The second-order valence-corrected chi connectivity index (χ2v) is 4.77. The van der Waals surface area contributed by atoms with Crippen molar-refractivity contribution < 1.29 is 9.90 Å². The molecule has 0 unspecified atom stereocenters. The maximum absolute atomic E-state index is 11.4. The Kier molecular flexibility index (Phi) is 3.49. The van der Waals surface area contributed by atoms with E-state index in [-0.39, 0.29) is 0 Å². The average molecular weight is 305 g/mol. The molecule has 0 saturated carbocycles. The molecule has 1 aromatic rings. The summed E-state index contributed by atoms with van der Waals surface area (Å²) in [6.07, 6.45) is 0. The third-order valence-electron chi connectivity index (χ3n) is 1.64. The lowest BCUT2D eigenvalue weighted by atomic mass is 10.1. The fourth-order valence-electron chi connectivity index (χ4n) is 0.850. The zero-order valence-electron chi connectivity index (χ0n) is 8.04. The first-order valence-corrected chi connectivity index (χ1v) is 5.27. The fraction of sp³-hybridized carbons (Fsp3) is 0.300. The Labute approximate surface area is 96.7 Å². The van der Waals surface area contributed by atoms with E-state index in [0.29, 0.717) is 5.69 Å². The average Bonchev–Trinajstić information content (AvgIpc) is 2.02.